The van der Waals surface area contributed by atoms with Gasteiger partial charge in [0.05, 0.1) is 5.39 Å². The lowest BCUT2D eigenvalue weighted by molar-refractivity contribution is -0.257. The highest BCUT2D eigenvalue weighted by Crippen LogP contribution is 2.33. The number of carbonyl (C=O) groups excluding carboxylic acids is 1. The molecule has 0 spiro atoms. The summed E-state index contributed by atoms with van der Waals surface area (Å²) in [5, 5.41) is 11.8. The van der Waals surface area contributed by atoms with Crippen LogP contribution in [0.1, 0.15) is 27.4 Å². The van der Waals surface area contributed by atoms with Gasteiger partial charge in [-0.2, -0.15) is 0 Å². The molecule has 0 bridgehead atoms. The lowest BCUT2D eigenvalue weighted by Crippen LogP contribution is -2.21. The number of rotatable bonds is 5. The second-order valence-corrected chi connectivity index (χ2v) is 7.31. The molecule has 2 aromatic carbocycles. The van der Waals surface area contributed by atoms with E-state index in [2.05, 4.69) is 0 Å². The van der Waals surface area contributed by atoms with Crippen LogP contribution in [0.4, 0.5) is 0 Å². The lowest BCUT2D eigenvalue weighted by Gasteiger charge is -2.12. The Bertz CT molecular complexity index is 1310. The van der Waals surface area contributed by atoms with E-state index in [1.54, 1.807) is 30.3 Å². The van der Waals surface area contributed by atoms with Crippen molar-refractivity contribution >= 4 is 28.5 Å². The number of hydrogen-bond donors (Lipinski definition) is 0. The standard InChI is InChI=1S/C23H17ClO6/c1-12-9-17-19(10-13(12)2)30-21(14-3-5-15(24)6-4-14)22(20(17)25)28-11-16-7-8-18(29-16)23(26)27/h3-10H,11H2,1-2H3,(H,26,27)/p-1. The minimum absolute atomic E-state index is 0.000486. The molecule has 4 rings (SSSR count). The molecule has 2 aromatic heterocycles. The minimum atomic E-state index is -1.43. The van der Waals surface area contributed by atoms with Crippen LogP contribution in [0.15, 0.2) is 62.2 Å². The molecular formula is C23H16ClO6-. The number of fused-ring (bicyclic) bond motifs is 1. The maximum atomic E-state index is 13.2. The van der Waals surface area contributed by atoms with Gasteiger partial charge in [0.25, 0.3) is 0 Å². The summed E-state index contributed by atoms with van der Waals surface area (Å²) in [5.41, 5.74) is 2.66. The summed E-state index contributed by atoms with van der Waals surface area (Å²) in [6, 6.07) is 13.1. The number of benzene rings is 2. The van der Waals surface area contributed by atoms with E-state index in [-0.39, 0.29) is 35.1 Å². The van der Waals surface area contributed by atoms with Crippen molar-refractivity contribution in [2.45, 2.75) is 20.5 Å². The van der Waals surface area contributed by atoms with E-state index in [1.807, 2.05) is 19.9 Å². The summed E-state index contributed by atoms with van der Waals surface area (Å²) < 4.78 is 17.0. The van der Waals surface area contributed by atoms with Crippen molar-refractivity contribution in [2.75, 3.05) is 0 Å². The fraction of sp³-hybridized carbons (Fsp3) is 0.130. The molecule has 0 saturated heterocycles. The highest BCUT2D eigenvalue weighted by Gasteiger charge is 2.19. The molecule has 4 aromatic rings. The van der Waals surface area contributed by atoms with Gasteiger partial charge in [0.1, 0.15) is 29.7 Å². The fourth-order valence-corrected chi connectivity index (χ4v) is 3.19. The molecule has 0 atom stereocenters. The van der Waals surface area contributed by atoms with Crippen molar-refractivity contribution in [1.29, 1.82) is 0 Å². The molecule has 0 saturated carbocycles. The number of carboxylic acid groups (broad SMARTS) is 1. The van der Waals surface area contributed by atoms with Gasteiger partial charge in [-0.05, 0) is 73.5 Å². The third-order valence-electron chi connectivity index (χ3n) is 4.79. The topological polar surface area (TPSA) is 92.7 Å². The van der Waals surface area contributed by atoms with Crippen molar-refractivity contribution in [2.24, 2.45) is 0 Å². The van der Waals surface area contributed by atoms with E-state index in [0.29, 0.717) is 21.6 Å². The smallest absolute Gasteiger partial charge is 0.235 e. The maximum absolute atomic E-state index is 13.2. The SMILES string of the molecule is Cc1cc2oc(-c3ccc(Cl)cc3)c(OCc3ccc(C(=O)[O-])o3)c(=O)c2cc1C. The van der Waals surface area contributed by atoms with E-state index < -0.39 is 5.97 Å². The zero-order chi connectivity index (χ0) is 21.4. The number of furan rings is 1. The van der Waals surface area contributed by atoms with Gasteiger partial charge < -0.3 is 23.5 Å². The minimum Gasteiger partial charge on any atom is -0.542 e. The Morgan fingerprint density at radius 3 is 2.40 bits per heavy atom. The number of aromatic carboxylic acids is 1. The molecule has 0 N–H and O–H groups in total. The summed E-state index contributed by atoms with van der Waals surface area (Å²) in [5.74, 6) is -1.27. The number of ether oxygens (including phenoxy) is 1. The van der Waals surface area contributed by atoms with Crippen LogP contribution >= 0.6 is 11.6 Å². The number of aryl methyl sites for hydroxylation is 2. The maximum Gasteiger partial charge on any atom is 0.235 e. The van der Waals surface area contributed by atoms with E-state index in [4.69, 9.17) is 25.2 Å². The third kappa shape index (κ3) is 3.69. The Balaban J connectivity index is 1.84. The molecule has 0 unspecified atom stereocenters. The second kappa shape index (κ2) is 7.72. The molecule has 0 fully saturated rings. The van der Waals surface area contributed by atoms with Crippen LogP contribution in [-0.2, 0) is 6.61 Å². The van der Waals surface area contributed by atoms with Crippen LogP contribution in [-0.4, -0.2) is 5.97 Å². The van der Waals surface area contributed by atoms with Crippen LogP contribution in [0, 0.1) is 13.8 Å². The summed E-state index contributed by atoms with van der Waals surface area (Å²) in [6.45, 7) is 3.69. The Labute approximate surface area is 176 Å². The number of hydrogen-bond acceptors (Lipinski definition) is 6. The third-order valence-corrected chi connectivity index (χ3v) is 5.05. The predicted octanol–water partition coefficient (Wildman–Crippen LogP) is 4.27. The fourth-order valence-electron chi connectivity index (χ4n) is 3.06. The van der Waals surface area contributed by atoms with E-state index >= 15 is 0 Å². The van der Waals surface area contributed by atoms with Gasteiger partial charge in [-0.15, -0.1) is 0 Å². The van der Waals surface area contributed by atoms with Crippen LogP contribution in [0.25, 0.3) is 22.3 Å². The van der Waals surface area contributed by atoms with Gasteiger partial charge >= 0.3 is 0 Å². The Morgan fingerprint density at radius 2 is 1.73 bits per heavy atom. The highest BCUT2D eigenvalue weighted by atomic mass is 35.5. The monoisotopic (exact) mass is 423 g/mol. The average Bonchev–Trinajstić information content (AvgIpc) is 3.19. The van der Waals surface area contributed by atoms with E-state index in [0.717, 1.165) is 11.1 Å². The average molecular weight is 424 g/mol. The van der Waals surface area contributed by atoms with Gasteiger partial charge in [-0.3, -0.25) is 4.79 Å². The summed E-state index contributed by atoms with van der Waals surface area (Å²) in [6.07, 6.45) is 0. The van der Waals surface area contributed by atoms with E-state index in [1.165, 1.54) is 12.1 Å². The first-order chi connectivity index (χ1) is 14.3. The van der Waals surface area contributed by atoms with Gasteiger partial charge in [0.2, 0.25) is 11.2 Å². The molecule has 0 radical (unpaired) electrons. The number of carboxylic acids is 1. The van der Waals surface area contributed by atoms with Gasteiger partial charge in [0.15, 0.2) is 5.76 Å². The van der Waals surface area contributed by atoms with Crippen molar-refractivity contribution < 1.29 is 23.5 Å². The summed E-state index contributed by atoms with van der Waals surface area (Å²) in [4.78, 5) is 24.1. The normalized spacial score (nSPS) is 11.0. The number of carbonyl (C=O) groups is 1. The first kappa shape index (κ1) is 19.8. The molecule has 0 aliphatic rings. The van der Waals surface area contributed by atoms with Crippen LogP contribution in [0.2, 0.25) is 5.02 Å². The lowest BCUT2D eigenvalue weighted by atomic mass is 10.0. The predicted molar refractivity (Wildman–Crippen MR) is 110 cm³/mol. The van der Waals surface area contributed by atoms with Gasteiger partial charge in [-0.1, -0.05) is 11.6 Å². The summed E-state index contributed by atoms with van der Waals surface area (Å²) >= 11 is 5.98. The Hall–Kier alpha value is -3.51. The van der Waals surface area contributed by atoms with E-state index in [9.17, 15) is 14.7 Å². The van der Waals surface area contributed by atoms with Crippen molar-refractivity contribution in [3.63, 3.8) is 0 Å². The molecule has 0 aliphatic heterocycles. The van der Waals surface area contributed by atoms with Crippen LogP contribution < -0.4 is 15.3 Å². The van der Waals surface area contributed by atoms with Crippen molar-refractivity contribution in [3.05, 3.63) is 86.4 Å². The highest BCUT2D eigenvalue weighted by molar-refractivity contribution is 6.30. The molecular weight excluding hydrogens is 408 g/mol. The molecule has 30 heavy (non-hydrogen) atoms. The summed E-state index contributed by atoms with van der Waals surface area (Å²) in [7, 11) is 0. The Morgan fingerprint density at radius 1 is 1.03 bits per heavy atom. The van der Waals surface area contributed by atoms with Crippen LogP contribution in [0.3, 0.4) is 0 Å². The second-order valence-electron chi connectivity index (χ2n) is 6.87. The zero-order valence-corrected chi connectivity index (χ0v) is 16.9. The molecule has 0 amide bonds. The van der Waals surface area contributed by atoms with Crippen LogP contribution in [0.5, 0.6) is 5.75 Å². The zero-order valence-electron chi connectivity index (χ0n) is 16.2. The molecule has 7 heteroatoms. The van der Waals surface area contributed by atoms with Gasteiger partial charge in [0, 0.05) is 10.6 Å². The Kier molecular flexibility index (Phi) is 5.10. The van der Waals surface area contributed by atoms with Crippen molar-refractivity contribution in [3.8, 4) is 17.1 Å². The van der Waals surface area contributed by atoms with Crippen molar-refractivity contribution in [1.82, 2.24) is 0 Å². The molecule has 152 valence electrons. The van der Waals surface area contributed by atoms with Gasteiger partial charge in [-0.25, -0.2) is 0 Å². The number of halogens is 1. The quantitative estimate of drug-likeness (QED) is 0.476. The first-order valence-corrected chi connectivity index (χ1v) is 9.48. The largest absolute Gasteiger partial charge is 0.542 e. The first-order valence-electron chi connectivity index (χ1n) is 9.10. The molecule has 0 aliphatic carbocycles. The molecule has 6 nitrogen and oxygen atoms in total. The molecule has 2 heterocycles.